The van der Waals surface area contributed by atoms with Crippen molar-refractivity contribution in [3.63, 3.8) is 0 Å². The van der Waals surface area contributed by atoms with Crippen LogP contribution in [0.1, 0.15) is 29.9 Å². The fraction of sp³-hybridized carbons (Fsp3) is 0.235. The molecule has 5 heteroatoms. The molecule has 1 fully saturated rings. The summed E-state index contributed by atoms with van der Waals surface area (Å²) in [4.78, 5) is 4.54. The topological polar surface area (TPSA) is 47.9 Å². The predicted octanol–water partition coefficient (Wildman–Crippen LogP) is 4.13. The molecule has 0 bridgehead atoms. The average Bonchev–Trinajstić information content (AvgIpc) is 3.37. The first-order valence-electron chi connectivity index (χ1n) is 7.27. The van der Waals surface area contributed by atoms with Crippen molar-refractivity contribution in [2.45, 2.75) is 25.4 Å². The third-order valence-electron chi connectivity index (χ3n) is 3.82. The highest BCUT2D eigenvalue weighted by Gasteiger charge is 2.23. The molecule has 1 aromatic carbocycles. The number of hydrogen-bond acceptors (Lipinski definition) is 4. The lowest BCUT2D eigenvalue weighted by molar-refractivity contribution is 0.304. The van der Waals surface area contributed by atoms with Crippen LogP contribution in [-0.4, -0.2) is 15.2 Å². The zero-order valence-corrected chi connectivity index (χ0v) is 12.6. The van der Waals surface area contributed by atoms with Crippen molar-refractivity contribution in [3.05, 3.63) is 59.0 Å². The van der Waals surface area contributed by atoms with E-state index >= 15 is 0 Å². The summed E-state index contributed by atoms with van der Waals surface area (Å²) in [5.74, 6) is 1.33. The smallest absolute Gasteiger partial charge is 0.155 e. The standard InChI is InChI=1S/C17H14ClN3O/c18-17-7-15(9-20-21-17)22-10-11-1-4-16-13(5-11)6-14(8-19-16)12-2-3-12/h1,4-9,12H,2-3,10H2. The van der Waals surface area contributed by atoms with Gasteiger partial charge in [-0.3, -0.25) is 4.98 Å². The van der Waals surface area contributed by atoms with E-state index in [9.17, 15) is 0 Å². The van der Waals surface area contributed by atoms with Crippen LogP contribution in [0.3, 0.4) is 0 Å². The second kappa shape index (κ2) is 5.54. The lowest BCUT2D eigenvalue weighted by Gasteiger charge is -2.07. The molecule has 0 atom stereocenters. The zero-order chi connectivity index (χ0) is 14.9. The molecule has 22 heavy (non-hydrogen) atoms. The minimum Gasteiger partial charge on any atom is -0.487 e. The third kappa shape index (κ3) is 2.88. The van der Waals surface area contributed by atoms with Crippen LogP contribution in [0.5, 0.6) is 5.75 Å². The minimum atomic E-state index is 0.328. The Morgan fingerprint density at radius 3 is 2.86 bits per heavy atom. The van der Waals surface area contributed by atoms with Gasteiger partial charge in [0, 0.05) is 17.6 Å². The van der Waals surface area contributed by atoms with E-state index in [-0.39, 0.29) is 0 Å². The van der Waals surface area contributed by atoms with E-state index in [0.29, 0.717) is 23.4 Å². The molecule has 0 amide bonds. The van der Waals surface area contributed by atoms with Crippen molar-refractivity contribution >= 4 is 22.5 Å². The van der Waals surface area contributed by atoms with Gasteiger partial charge < -0.3 is 4.74 Å². The highest BCUT2D eigenvalue weighted by Crippen LogP contribution is 2.40. The fourth-order valence-corrected chi connectivity index (χ4v) is 2.65. The van der Waals surface area contributed by atoms with Crippen LogP contribution < -0.4 is 4.74 Å². The minimum absolute atomic E-state index is 0.328. The van der Waals surface area contributed by atoms with E-state index in [4.69, 9.17) is 16.3 Å². The average molecular weight is 312 g/mol. The van der Waals surface area contributed by atoms with Gasteiger partial charge in [-0.15, -0.1) is 5.10 Å². The Labute approximate surface area is 133 Å². The Morgan fingerprint density at radius 2 is 2.05 bits per heavy atom. The molecular weight excluding hydrogens is 298 g/mol. The number of nitrogens with zero attached hydrogens (tertiary/aromatic N) is 3. The van der Waals surface area contributed by atoms with Crippen molar-refractivity contribution in [1.29, 1.82) is 0 Å². The van der Waals surface area contributed by atoms with Crippen LogP contribution in [0, 0.1) is 0 Å². The van der Waals surface area contributed by atoms with Crippen LogP contribution in [0.25, 0.3) is 10.9 Å². The lowest BCUT2D eigenvalue weighted by atomic mass is 10.1. The molecular formula is C17H14ClN3O. The molecule has 110 valence electrons. The van der Waals surface area contributed by atoms with Gasteiger partial charge in [0.25, 0.3) is 0 Å². The number of pyridine rings is 1. The van der Waals surface area contributed by atoms with E-state index in [1.807, 2.05) is 18.3 Å². The van der Waals surface area contributed by atoms with Gasteiger partial charge in [-0.25, -0.2) is 0 Å². The molecule has 2 aromatic heterocycles. The molecule has 2 heterocycles. The number of halogens is 1. The van der Waals surface area contributed by atoms with Crippen LogP contribution in [0.2, 0.25) is 5.15 Å². The van der Waals surface area contributed by atoms with Gasteiger partial charge in [0.1, 0.15) is 12.4 Å². The SMILES string of the molecule is Clc1cc(OCc2ccc3ncc(C4CC4)cc3c2)cnn1. The van der Waals surface area contributed by atoms with Crippen molar-refractivity contribution in [1.82, 2.24) is 15.2 Å². The van der Waals surface area contributed by atoms with E-state index in [1.54, 1.807) is 12.3 Å². The Morgan fingerprint density at radius 1 is 1.14 bits per heavy atom. The maximum Gasteiger partial charge on any atom is 0.155 e. The van der Waals surface area contributed by atoms with Gasteiger partial charge in [0.05, 0.1) is 11.7 Å². The summed E-state index contributed by atoms with van der Waals surface area (Å²) < 4.78 is 5.70. The lowest BCUT2D eigenvalue weighted by Crippen LogP contribution is -1.97. The molecule has 0 N–H and O–H groups in total. The van der Waals surface area contributed by atoms with Gasteiger partial charge >= 0.3 is 0 Å². The molecule has 0 saturated heterocycles. The van der Waals surface area contributed by atoms with E-state index in [1.165, 1.54) is 18.4 Å². The predicted molar refractivity (Wildman–Crippen MR) is 85.1 cm³/mol. The molecule has 1 aliphatic rings. The molecule has 1 saturated carbocycles. The molecule has 3 aromatic rings. The largest absolute Gasteiger partial charge is 0.487 e. The zero-order valence-electron chi connectivity index (χ0n) is 11.9. The number of fused-ring (bicyclic) bond motifs is 1. The summed E-state index contributed by atoms with van der Waals surface area (Å²) in [7, 11) is 0. The molecule has 4 nitrogen and oxygen atoms in total. The maximum absolute atomic E-state index is 5.80. The van der Waals surface area contributed by atoms with Crippen LogP contribution in [0.15, 0.2) is 42.7 Å². The monoisotopic (exact) mass is 311 g/mol. The van der Waals surface area contributed by atoms with E-state index in [2.05, 4.69) is 27.3 Å². The van der Waals surface area contributed by atoms with Crippen LogP contribution >= 0.6 is 11.6 Å². The number of benzene rings is 1. The Hall–Kier alpha value is -2.20. The fourth-order valence-electron chi connectivity index (χ4n) is 2.50. The Kier molecular flexibility index (Phi) is 3.39. The first-order chi connectivity index (χ1) is 10.8. The van der Waals surface area contributed by atoms with Crippen molar-refractivity contribution in [2.75, 3.05) is 0 Å². The van der Waals surface area contributed by atoms with Gasteiger partial charge in [0.2, 0.25) is 0 Å². The number of rotatable bonds is 4. The summed E-state index contributed by atoms with van der Waals surface area (Å²) in [6, 6.07) is 10.1. The van der Waals surface area contributed by atoms with Crippen LogP contribution in [0.4, 0.5) is 0 Å². The highest BCUT2D eigenvalue weighted by molar-refractivity contribution is 6.29. The highest BCUT2D eigenvalue weighted by atomic mass is 35.5. The Bertz CT molecular complexity index is 833. The van der Waals surface area contributed by atoms with Gasteiger partial charge in [-0.05, 0) is 48.1 Å². The second-order valence-electron chi connectivity index (χ2n) is 5.57. The van der Waals surface area contributed by atoms with Gasteiger partial charge in [-0.2, -0.15) is 5.10 Å². The van der Waals surface area contributed by atoms with Crippen molar-refractivity contribution in [2.24, 2.45) is 0 Å². The van der Waals surface area contributed by atoms with Gasteiger partial charge in [-0.1, -0.05) is 17.7 Å². The van der Waals surface area contributed by atoms with Crippen molar-refractivity contribution < 1.29 is 4.74 Å². The molecule has 0 spiro atoms. The molecule has 0 unspecified atom stereocenters. The maximum atomic E-state index is 5.80. The quantitative estimate of drug-likeness (QED) is 0.726. The summed E-state index contributed by atoms with van der Waals surface area (Å²) in [6.45, 7) is 0.464. The summed E-state index contributed by atoms with van der Waals surface area (Å²) in [5, 5.41) is 8.95. The first kappa shape index (κ1) is 13.5. The molecule has 0 aliphatic heterocycles. The van der Waals surface area contributed by atoms with Crippen molar-refractivity contribution in [3.8, 4) is 5.75 Å². The molecule has 1 aliphatic carbocycles. The van der Waals surface area contributed by atoms with E-state index < -0.39 is 0 Å². The first-order valence-corrected chi connectivity index (χ1v) is 7.65. The summed E-state index contributed by atoms with van der Waals surface area (Å²) >= 11 is 5.80. The van der Waals surface area contributed by atoms with Crippen LogP contribution in [-0.2, 0) is 6.61 Å². The Balaban J connectivity index is 1.56. The molecule has 0 radical (unpaired) electrons. The number of hydrogen-bond donors (Lipinski definition) is 0. The summed E-state index contributed by atoms with van der Waals surface area (Å²) in [5.41, 5.74) is 3.45. The van der Waals surface area contributed by atoms with Gasteiger partial charge in [0.15, 0.2) is 5.15 Å². The third-order valence-corrected chi connectivity index (χ3v) is 4.01. The number of ether oxygens (including phenoxy) is 1. The molecule has 4 rings (SSSR count). The normalized spacial score (nSPS) is 14.2. The summed E-state index contributed by atoms with van der Waals surface area (Å²) in [6.07, 6.45) is 6.12. The number of aromatic nitrogens is 3. The van der Waals surface area contributed by atoms with E-state index in [0.717, 1.165) is 16.5 Å². The second-order valence-corrected chi connectivity index (χ2v) is 5.96.